The van der Waals surface area contributed by atoms with Crippen molar-refractivity contribution in [3.05, 3.63) is 29.3 Å². The van der Waals surface area contributed by atoms with Crippen molar-refractivity contribution in [3.63, 3.8) is 0 Å². The summed E-state index contributed by atoms with van der Waals surface area (Å²) < 4.78 is 1.17. The molecule has 0 aliphatic heterocycles. The number of thiophene rings is 1. The smallest absolute Gasteiger partial charge is 0.0833 e. The standard InChI is InChI=1S/C16H21NOS/c1-10-5-11(2)7-12(6-10)16(18)13-8-15-14(17-9-13)3-4-19-15/h3-4,8-12,16,18H,5-7H2,1-2H3. The Morgan fingerprint density at radius 1 is 1.26 bits per heavy atom. The molecule has 1 fully saturated rings. The molecule has 2 aromatic heterocycles. The normalized spacial score (nSPS) is 29.5. The van der Waals surface area contributed by atoms with Crippen molar-refractivity contribution in [1.29, 1.82) is 0 Å². The number of nitrogens with zero attached hydrogens (tertiary/aromatic N) is 1. The number of pyridine rings is 1. The molecule has 2 aromatic rings. The molecule has 3 rings (SSSR count). The first-order valence-electron chi connectivity index (χ1n) is 7.14. The Labute approximate surface area is 118 Å². The van der Waals surface area contributed by atoms with E-state index >= 15 is 0 Å². The van der Waals surface area contributed by atoms with Gasteiger partial charge in [-0.2, -0.15) is 0 Å². The number of fused-ring (bicyclic) bond motifs is 1. The molecule has 1 N–H and O–H groups in total. The fourth-order valence-corrected chi connectivity index (χ4v) is 4.35. The Morgan fingerprint density at radius 3 is 2.74 bits per heavy atom. The highest BCUT2D eigenvalue weighted by atomic mass is 32.1. The molecule has 1 aliphatic rings. The van der Waals surface area contributed by atoms with Gasteiger partial charge in [-0.15, -0.1) is 11.3 Å². The number of hydrogen-bond acceptors (Lipinski definition) is 3. The molecule has 0 amide bonds. The Balaban J connectivity index is 1.83. The van der Waals surface area contributed by atoms with Crippen LogP contribution in [0.15, 0.2) is 23.7 Å². The highest BCUT2D eigenvalue weighted by molar-refractivity contribution is 7.17. The summed E-state index contributed by atoms with van der Waals surface area (Å²) in [6.07, 6.45) is 5.06. The summed E-state index contributed by atoms with van der Waals surface area (Å²) in [6.45, 7) is 4.60. The zero-order chi connectivity index (χ0) is 13.4. The lowest BCUT2D eigenvalue weighted by Gasteiger charge is -2.34. The largest absolute Gasteiger partial charge is 0.388 e. The first-order chi connectivity index (χ1) is 9.13. The van der Waals surface area contributed by atoms with Crippen molar-refractivity contribution >= 4 is 21.6 Å². The van der Waals surface area contributed by atoms with Crippen LogP contribution in [0.5, 0.6) is 0 Å². The summed E-state index contributed by atoms with van der Waals surface area (Å²) in [5, 5.41) is 12.7. The molecule has 0 aromatic carbocycles. The molecule has 1 saturated carbocycles. The van der Waals surface area contributed by atoms with Crippen LogP contribution >= 0.6 is 11.3 Å². The zero-order valence-corrected chi connectivity index (χ0v) is 12.4. The lowest BCUT2D eigenvalue weighted by Crippen LogP contribution is -2.24. The second-order valence-corrected chi connectivity index (χ2v) is 7.14. The van der Waals surface area contributed by atoms with Crippen LogP contribution in [0, 0.1) is 17.8 Å². The molecule has 0 spiro atoms. The Hall–Kier alpha value is -0.930. The second-order valence-electron chi connectivity index (χ2n) is 6.19. The van der Waals surface area contributed by atoms with Crippen LogP contribution < -0.4 is 0 Å². The molecular weight excluding hydrogens is 254 g/mol. The zero-order valence-electron chi connectivity index (χ0n) is 11.5. The lowest BCUT2D eigenvalue weighted by atomic mass is 9.73. The van der Waals surface area contributed by atoms with Crippen LogP contribution in [-0.4, -0.2) is 10.1 Å². The Morgan fingerprint density at radius 2 is 2.00 bits per heavy atom. The van der Waals surface area contributed by atoms with Crippen LogP contribution in [-0.2, 0) is 0 Å². The fourth-order valence-electron chi connectivity index (χ4n) is 3.56. The van der Waals surface area contributed by atoms with Gasteiger partial charge in [0.1, 0.15) is 0 Å². The van der Waals surface area contributed by atoms with E-state index in [9.17, 15) is 5.11 Å². The minimum Gasteiger partial charge on any atom is -0.388 e. The summed E-state index contributed by atoms with van der Waals surface area (Å²) in [6, 6.07) is 4.14. The van der Waals surface area contributed by atoms with Gasteiger partial charge < -0.3 is 5.11 Å². The van der Waals surface area contributed by atoms with Gasteiger partial charge in [-0.05, 0) is 54.5 Å². The van der Waals surface area contributed by atoms with Gasteiger partial charge in [0.15, 0.2) is 0 Å². The molecule has 0 saturated heterocycles. The van der Waals surface area contributed by atoms with E-state index in [1.807, 2.05) is 12.3 Å². The average Bonchev–Trinajstić information content (AvgIpc) is 2.83. The SMILES string of the molecule is CC1CC(C)CC(C(O)c2cnc3ccsc3c2)C1. The number of aromatic nitrogens is 1. The molecule has 2 heterocycles. The predicted molar refractivity (Wildman–Crippen MR) is 80.2 cm³/mol. The predicted octanol–water partition coefficient (Wildman–Crippen LogP) is 4.40. The van der Waals surface area contributed by atoms with Crippen molar-refractivity contribution in [1.82, 2.24) is 4.98 Å². The molecule has 102 valence electrons. The first kappa shape index (κ1) is 13.1. The first-order valence-corrected chi connectivity index (χ1v) is 8.02. The van der Waals surface area contributed by atoms with Gasteiger partial charge in [-0.3, -0.25) is 4.98 Å². The molecule has 2 nitrogen and oxygen atoms in total. The molecule has 3 heteroatoms. The van der Waals surface area contributed by atoms with E-state index in [0.717, 1.165) is 35.8 Å². The van der Waals surface area contributed by atoms with Crippen LogP contribution in [0.4, 0.5) is 0 Å². The average molecular weight is 275 g/mol. The van der Waals surface area contributed by atoms with E-state index in [1.165, 1.54) is 11.1 Å². The van der Waals surface area contributed by atoms with Gasteiger partial charge in [0.2, 0.25) is 0 Å². The molecule has 0 radical (unpaired) electrons. The van der Waals surface area contributed by atoms with Gasteiger partial charge in [-0.1, -0.05) is 13.8 Å². The van der Waals surface area contributed by atoms with Gasteiger partial charge in [0.25, 0.3) is 0 Å². The highest BCUT2D eigenvalue weighted by Gasteiger charge is 2.30. The molecule has 19 heavy (non-hydrogen) atoms. The lowest BCUT2D eigenvalue weighted by molar-refractivity contribution is 0.0550. The summed E-state index contributed by atoms with van der Waals surface area (Å²) in [5.41, 5.74) is 2.02. The van der Waals surface area contributed by atoms with Crippen molar-refractivity contribution in [2.45, 2.75) is 39.2 Å². The van der Waals surface area contributed by atoms with E-state index in [2.05, 4.69) is 30.3 Å². The Bertz CT molecular complexity index is 555. The van der Waals surface area contributed by atoms with Gasteiger partial charge in [0, 0.05) is 11.8 Å². The van der Waals surface area contributed by atoms with Crippen molar-refractivity contribution in [3.8, 4) is 0 Å². The molecule has 1 aliphatic carbocycles. The molecule has 3 unspecified atom stereocenters. The minimum atomic E-state index is -0.357. The van der Waals surface area contributed by atoms with Crippen molar-refractivity contribution in [2.75, 3.05) is 0 Å². The third-order valence-corrected chi connectivity index (χ3v) is 5.18. The third kappa shape index (κ3) is 2.67. The van der Waals surface area contributed by atoms with Crippen LogP contribution in [0.3, 0.4) is 0 Å². The molecule has 3 atom stereocenters. The maximum atomic E-state index is 10.6. The van der Waals surface area contributed by atoms with E-state index < -0.39 is 0 Å². The van der Waals surface area contributed by atoms with Crippen molar-refractivity contribution in [2.24, 2.45) is 17.8 Å². The van der Waals surface area contributed by atoms with Crippen LogP contribution in [0.1, 0.15) is 44.8 Å². The second kappa shape index (κ2) is 5.22. The number of aliphatic hydroxyl groups excluding tert-OH is 1. The van der Waals surface area contributed by atoms with Crippen LogP contribution in [0.25, 0.3) is 10.2 Å². The number of rotatable bonds is 2. The maximum absolute atomic E-state index is 10.6. The van der Waals surface area contributed by atoms with Crippen molar-refractivity contribution < 1.29 is 5.11 Å². The summed E-state index contributed by atoms with van der Waals surface area (Å²) in [7, 11) is 0. The van der Waals surface area contributed by atoms with E-state index in [0.29, 0.717) is 5.92 Å². The third-order valence-electron chi connectivity index (χ3n) is 4.33. The number of hydrogen-bond donors (Lipinski definition) is 1. The van der Waals surface area contributed by atoms with Gasteiger partial charge >= 0.3 is 0 Å². The van der Waals surface area contributed by atoms with E-state index in [4.69, 9.17) is 0 Å². The van der Waals surface area contributed by atoms with Gasteiger partial charge in [0.05, 0.1) is 16.3 Å². The molecular formula is C16H21NOS. The minimum absolute atomic E-state index is 0.357. The Kier molecular flexibility index (Phi) is 3.59. The highest BCUT2D eigenvalue weighted by Crippen LogP contribution is 2.40. The maximum Gasteiger partial charge on any atom is 0.0833 e. The summed E-state index contributed by atoms with van der Waals surface area (Å²) in [5.74, 6) is 1.83. The fraction of sp³-hybridized carbons (Fsp3) is 0.562. The van der Waals surface area contributed by atoms with Crippen LogP contribution in [0.2, 0.25) is 0 Å². The number of aliphatic hydroxyl groups is 1. The van der Waals surface area contributed by atoms with E-state index in [1.54, 1.807) is 11.3 Å². The monoisotopic (exact) mass is 275 g/mol. The molecule has 0 bridgehead atoms. The van der Waals surface area contributed by atoms with E-state index in [-0.39, 0.29) is 6.10 Å². The summed E-state index contributed by atoms with van der Waals surface area (Å²) in [4.78, 5) is 4.45. The topological polar surface area (TPSA) is 33.1 Å². The summed E-state index contributed by atoms with van der Waals surface area (Å²) >= 11 is 1.69. The van der Waals surface area contributed by atoms with Gasteiger partial charge in [-0.25, -0.2) is 0 Å². The quantitative estimate of drug-likeness (QED) is 0.881.